The van der Waals surface area contributed by atoms with Crippen molar-refractivity contribution in [3.05, 3.63) is 106 Å². The molecule has 0 aliphatic carbocycles. The monoisotopic (exact) mass is 734 g/mol. The third kappa shape index (κ3) is 7.84. The highest BCUT2D eigenvalue weighted by Gasteiger charge is 2.38. The molecule has 0 fully saturated rings. The van der Waals surface area contributed by atoms with E-state index in [1.807, 2.05) is 0 Å². The van der Waals surface area contributed by atoms with E-state index in [0.717, 1.165) is 4.68 Å². The molecule has 0 atom stereocenters. The molecule has 0 saturated heterocycles. The summed E-state index contributed by atoms with van der Waals surface area (Å²) < 4.78 is 90.7. The number of alkyl halides is 6. The first kappa shape index (κ1) is 36.9. The minimum absolute atomic E-state index is 0.0504. The van der Waals surface area contributed by atoms with Crippen LogP contribution in [0.5, 0.6) is 0 Å². The average molecular weight is 735 g/mol. The minimum atomic E-state index is -5.04. The predicted molar refractivity (Wildman–Crippen MR) is 178 cm³/mol. The fourth-order valence-corrected chi connectivity index (χ4v) is 6.26. The first-order valence-electron chi connectivity index (χ1n) is 15.4. The molecule has 0 spiro atoms. The van der Waals surface area contributed by atoms with Gasteiger partial charge in [0.05, 0.1) is 35.8 Å². The highest BCUT2D eigenvalue weighted by Crippen LogP contribution is 2.38. The van der Waals surface area contributed by atoms with Gasteiger partial charge >= 0.3 is 12.4 Å². The second-order valence-corrected chi connectivity index (χ2v) is 18.4. The van der Waals surface area contributed by atoms with Gasteiger partial charge in [0.25, 0.3) is 0 Å². The second-order valence-electron chi connectivity index (χ2n) is 13.2. The summed E-state index contributed by atoms with van der Waals surface area (Å²) in [5.41, 5.74) is -2.49. The fraction of sp³-hybridized carbons (Fsp3) is 0.324. The van der Waals surface area contributed by atoms with Crippen LogP contribution in [0.1, 0.15) is 53.6 Å². The zero-order valence-electron chi connectivity index (χ0n) is 27.7. The van der Waals surface area contributed by atoms with Crippen molar-refractivity contribution in [3.8, 4) is 22.5 Å². The minimum Gasteiger partial charge on any atom is -0.415 e. The third-order valence-electron chi connectivity index (χ3n) is 8.63. The van der Waals surface area contributed by atoms with Crippen LogP contribution in [0, 0.1) is 0 Å². The van der Waals surface area contributed by atoms with Gasteiger partial charge in [0, 0.05) is 11.1 Å². The van der Waals surface area contributed by atoms with Crippen molar-refractivity contribution in [2.24, 2.45) is 0 Å². The van der Waals surface area contributed by atoms with Gasteiger partial charge < -0.3 is 4.43 Å². The number of carbonyl (C=O) groups excluding carboxylic acids is 1. The molecular formula is C34H33ClF6N6O2Si. The highest BCUT2D eigenvalue weighted by atomic mass is 35.5. The Balaban J connectivity index is 1.60. The molecular weight excluding hydrogens is 702 g/mol. The lowest BCUT2D eigenvalue weighted by Gasteiger charge is -2.36. The van der Waals surface area contributed by atoms with E-state index in [1.165, 1.54) is 4.68 Å². The molecule has 3 aromatic carbocycles. The lowest BCUT2D eigenvalue weighted by molar-refractivity contribution is -0.143. The molecule has 5 rings (SSSR count). The molecule has 8 nitrogen and oxygen atoms in total. The van der Waals surface area contributed by atoms with Gasteiger partial charge in [-0.15, -0.1) is 10.2 Å². The Bertz CT molecular complexity index is 1970. The SMILES string of the molecule is CC(C)(C)[Si](C)(C)OCCn1nnc(C(=O)c2nnn(Cc3cc(C(F)(F)F)cc(C(F)(F)F)c3)c2-c2ccccc2)c1-c1ccccc1Cl. The van der Waals surface area contributed by atoms with Crippen LogP contribution in [0.3, 0.4) is 0 Å². The van der Waals surface area contributed by atoms with Crippen molar-refractivity contribution in [2.45, 2.75) is 64.3 Å². The average Bonchev–Trinajstić information content (AvgIpc) is 3.64. The van der Waals surface area contributed by atoms with Crippen molar-refractivity contribution in [1.29, 1.82) is 0 Å². The van der Waals surface area contributed by atoms with Gasteiger partial charge in [-0.05, 0) is 48.0 Å². The number of ketones is 1. The molecule has 2 aromatic heterocycles. The van der Waals surface area contributed by atoms with Crippen LogP contribution in [0.4, 0.5) is 26.3 Å². The number of aromatic nitrogens is 6. The summed E-state index contributed by atoms with van der Waals surface area (Å²) in [4.78, 5) is 14.4. The van der Waals surface area contributed by atoms with E-state index in [9.17, 15) is 31.1 Å². The van der Waals surface area contributed by atoms with Crippen LogP contribution in [0.2, 0.25) is 23.2 Å². The molecule has 50 heavy (non-hydrogen) atoms. The van der Waals surface area contributed by atoms with Crippen molar-refractivity contribution >= 4 is 25.7 Å². The Morgan fingerprint density at radius 3 is 1.88 bits per heavy atom. The summed E-state index contributed by atoms with van der Waals surface area (Å²) in [6, 6.07) is 16.3. The first-order chi connectivity index (χ1) is 23.3. The maximum atomic E-state index is 14.4. The van der Waals surface area contributed by atoms with Crippen LogP contribution >= 0.6 is 11.6 Å². The van der Waals surface area contributed by atoms with Gasteiger partial charge in [0.2, 0.25) is 5.78 Å². The maximum Gasteiger partial charge on any atom is 0.416 e. The molecule has 0 N–H and O–H groups in total. The summed E-state index contributed by atoms with van der Waals surface area (Å²) in [7, 11) is -2.14. The van der Waals surface area contributed by atoms with Crippen molar-refractivity contribution in [3.63, 3.8) is 0 Å². The standard InChI is InChI=1S/C34H33ClF6N6O2Si/c1-32(2,3)50(4,5)49-16-15-46-30(25-13-9-10-14-26(25)35)28(43-44-46)31(48)27-29(22-11-7-6-8-12-22)47(45-42-27)20-21-17-23(33(36,37)38)19-24(18-21)34(39,40)41/h6-14,17-19H,15-16,20H2,1-5H3. The van der Waals surface area contributed by atoms with Gasteiger partial charge in [-0.3, -0.25) is 4.79 Å². The van der Waals surface area contributed by atoms with E-state index in [-0.39, 0.29) is 52.6 Å². The molecule has 0 saturated carbocycles. The molecule has 0 radical (unpaired) electrons. The number of halogens is 7. The van der Waals surface area contributed by atoms with Gasteiger partial charge in [0.1, 0.15) is 11.4 Å². The van der Waals surface area contributed by atoms with Crippen molar-refractivity contribution in [1.82, 2.24) is 30.0 Å². The molecule has 2 heterocycles. The Morgan fingerprint density at radius 1 is 0.780 bits per heavy atom. The van der Waals surface area contributed by atoms with E-state index in [0.29, 0.717) is 28.3 Å². The highest BCUT2D eigenvalue weighted by molar-refractivity contribution is 6.74. The quantitative estimate of drug-likeness (QED) is 0.0808. The predicted octanol–water partition coefficient (Wildman–Crippen LogP) is 9.20. The summed E-state index contributed by atoms with van der Waals surface area (Å²) >= 11 is 6.59. The molecule has 0 unspecified atom stereocenters. The maximum absolute atomic E-state index is 14.4. The van der Waals surface area contributed by atoms with Crippen LogP contribution in [0.25, 0.3) is 22.5 Å². The van der Waals surface area contributed by atoms with E-state index in [1.54, 1.807) is 54.6 Å². The number of benzene rings is 3. The summed E-state index contributed by atoms with van der Waals surface area (Å²) in [6.07, 6.45) is -10.1. The number of rotatable bonds is 10. The number of carbonyl (C=O) groups is 1. The molecule has 0 aliphatic rings. The van der Waals surface area contributed by atoms with Crippen LogP contribution in [0.15, 0.2) is 72.8 Å². The number of nitrogens with zero attached hydrogens (tertiary/aromatic N) is 6. The number of hydrogen-bond acceptors (Lipinski definition) is 6. The van der Waals surface area contributed by atoms with E-state index < -0.39 is 44.1 Å². The van der Waals surface area contributed by atoms with Crippen molar-refractivity contribution < 1.29 is 35.6 Å². The summed E-state index contributed by atoms with van der Waals surface area (Å²) in [6.45, 7) is 10.5. The van der Waals surface area contributed by atoms with Gasteiger partial charge in [0.15, 0.2) is 19.7 Å². The Morgan fingerprint density at radius 2 is 1.32 bits per heavy atom. The van der Waals surface area contributed by atoms with Gasteiger partial charge in [-0.1, -0.05) is 91.3 Å². The number of hydrogen-bond donors (Lipinski definition) is 0. The normalized spacial score (nSPS) is 12.8. The lowest BCUT2D eigenvalue weighted by Crippen LogP contribution is -2.41. The summed E-state index contributed by atoms with van der Waals surface area (Å²) in [5.74, 6) is -0.735. The van der Waals surface area contributed by atoms with Crippen molar-refractivity contribution in [2.75, 3.05) is 6.61 Å². The van der Waals surface area contributed by atoms with E-state index >= 15 is 0 Å². The van der Waals surface area contributed by atoms with E-state index in [4.69, 9.17) is 16.0 Å². The van der Waals surface area contributed by atoms with E-state index in [2.05, 4.69) is 54.5 Å². The lowest BCUT2D eigenvalue weighted by atomic mass is 10.0. The van der Waals surface area contributed by atoms with Crippen LogP contribution < -0.4 is 0 Å². The van der Waals surface area contributed by atoms with Crippen LogP contribution in [-0.2, 0) is 29.9 Å². The Labute approximate surface area is 290 Å². The molecule has 0 bridgehead atoms. The molecule has 0 aliphatic heterocycles. The molecule has 0 amide bonds. The van der Waals surface area contributed by atoms with Gasteiger partial charge in [-0.2, -0.15) is 26.3 Å². The zero-order valence-corrected chi connectivity index (χ0v) is 29.5. The molecule has 16 heteroatoms. The smallest absolute Gasteiger partial charge is 0.415 e. The Kier molecular flexibility index (Phi) is 10.2. The largest absolute Gasteiger partial charge is 0.416 e. The molecule has 5 aromatic rings. The zero-order chi connectivity index (χ0) is 36.6. The van der Waals surface area contributed by atoms with Gasteiger partial charge in [-0.25, -0.2) is 9.36 Å². The fourth-order valence-electron chi connectivity index (χ4n) is 5.00. The summed E-state index contributed by atoms with van der Waals surface area (Å²) in [5, 5.41) is 16.8. The first-order valence-corrected chi connectivity index (χ1v) is 18.7. The van der Waals surface area contributed by atoms with Crippen LogP contribution in [-0.4, -0.2) is 50.7 Å². The second kappa shape index (κ2) is 13.8. The third-order valence-corrected chi connectivity index (χ3v) is 13.5. The Hall–Kier alpha value is -4.34. The molecule has 264 valence electrons. The topological polar surface area (TPSA) is 87.7 Å².